The van der Waals surface area contributed by atoms with E-state index >= 15 is 0 Å². The lowest BCUT2D eigenvalue weighted by Crippen LogP contribution is -2.14. The fourth-order valence-corrected chi connectivity index (χ4v) is 2.34. The summed E-state index contributed by atoms with van der Waals surface area (Å²) in [5.74, 6) is -2.00. The summed E-state index contributed by atoms with van der Waals surface area (Å²) in [6, 6.07) is 0. The number of phosphoric acid groups is 1. The number of hydrogen-bond donors (Lipinski definition) is 0. The molecule has 0 radical (unpaired) electrons. The predicted molar refractivity (Wildman–Crippen MR) is 93.5 cm³/mol. The van der Waals surface area contributed by atoms with Crippen LogP contribution in [-0.2, 0) is 46.7 Å². The van der Waals surface area contributed by atoms with Crippen LogP contribution in [0.25, 0.3) is 0 Å². The number of esters is 3. The molecule has 0 aromatic carbocycles. The number of carbonyl (C=O) groups is 3. The molecule has 0 aliphatic carbocycles. The Balaban J connectivity index is 4.46. The minimum atomic E-state index is -4.09. The van der Waals surface area contributed by atoms with Gasteiger partial charge < -0.3 is 14.2 Å². The van der Waals surface area contributed by atoms with Gasteiger partial charge in [-0.1, -0.05) is 19.7 Å². The molecule has 0 saturated carbocycles. The van der Waals surface area contributed by atoms with Gasteiger partial charge in [0.1, 0.15) is 19.8 Å². The van der Waals surface area contributed by atoms with E-state index in [1.165, 1.54) is 6.92 Å². The van der Waals surface area contributed by atoms with Crippen molar-refractivity contribution in [3.8, 4) is 0 Å². The summed E-state index contributed by atoms with van der Waals surface area (Å²) in [5.41, 5.74) is 0.193. The van der Waals surface area contributed by atoms with Gasteiger partial charge in [-0.05, 0) is 6.92 Å². The first-order chi connectivity index (χ1) is 12.7. The molecule has 0 unspecified atom stereocenters. The quantitative estimate of drug-likeness (QED) is 0.131. The fraction of sp³-hybridized carbons (Fsp3) is 0.438. The van der Waals surface area contributed by atoms with Crippen LogP contribution in [0.4, 0.5) is 0 Å². The molecule has 11 heteroatoms. The summed E-state index contributed by atoms with van der Waals surface area (Å²) < 4.78 is 41.6. The monoisotopic (exact) mass is 406 g/mol. The predicted octanol–water partition coefficient (Wildman–Crippen LogP) is 1.72. The molecule has 0 N–H and O–H groups in total. The van der Waals surface area contributed by atoms with Crippen molar-refractivity contribution in [2.24, 2.45) is 0 Å². The van der Waals surface area contributed by atoms with Crippen molar-refractivity contribution in [1.82, 2.24) is 0 Å². The van der Waals surface area contributed by atoms with Crippen LogP contribution < -0.4 is 0 Å². The molecule has 0 bridgehead atoms. The Morgan fingerprint density at radius 1 is 0.778 bits per heavy atom. The van der Waals surface area contributed by atoms with E-state index in [2.05, 4.69) is 29.2 Å². The van der Waals surface area contributed by atoms with Gasteiger partial charge in [-0.25, -0.2) is 18.9 Å². The van der Waals surface area contributed by atoms with Gasteiger partial charge in [0.15, 0.2) is 0 Å². The van der Waals surface area contributed by atoms with Crippen LogP contribution in [0.15, 0.2) is 37.5 Å². The Morgan fingerprint density at radius 2 is 1.15 bits per heavy atom. The molecule has 0 atom stereocenters. The molecule has 0 fully saturated rings. The van der Waals surface area contributed by atoms with E-state index in [0.717, 1.165) is 12.2 Å². The van der Waals surface area contributed by atoms with E-state index in [1.807, 2.05) is 0 Å². The second-order valence-corrected chi connectivity index (χ2v) is 6.28. The van der Waals surface area contributed by atoms with Crippen LogP contribution in [0, 0.1) is 0 Å². The zero-order chi connectivity index (χ0) is 20.7. The number of phosphoric ester groups is 1. The minimum Gasteiger partial charge on any atom is -0.460 e. The average Bonchev–Trinajstić information content (AvgIpc) is 2.65. The highest BCUT2D eigenvalue weighted by Crippen LogP contribution is 2.49. The molecule has 0 amide bonds. The SMILES string of the molecule is C=CC(=O)OCCOP(=O)(OCCOC(=O)C=C)OCCOC(=O)C(=C)C. The van der Waals surface area contributed by atoms with E-state index in [0.29, 0.717) is 0 Å². The van der Waals surface area contributed by atoms with Crippen LogP contribution in [-0.4, -0.2) is 57.5 Å². The third-order valence-electron chi connectivity index (χ3n) is 2.40. The summed E-state index contributed by atoms with van der Waals surface area (Å²) >= 11 is 0. The Hall–Kier alpha value is -2.26. The Morgan fingerprint density at radius 3 is 1.48 bits per heavy atom. The highest BCUT2D eigenvalue weighted by molar-refractivity contribution is 7.48. The van der Waals surface area contributed by atoms with Crippen molar-refractivity contribution >= 4 is 25.7 Å². The van der Waals surface area contributed by atoms with Crippen LogP contribution in [0.5, 0.6) is 0 Å². The first kappa shape index (κ1) is 24.7. The second kappa shape index (κ2) is 13.9. The van der Waals surface area contributed by atoms with Gasteiger partial charge in [0.25, 0.3) is 0 Å². The molecule has 0 aliphatic heterocycles. The van der Waals surface area contributed by atoms with E-state index in [-0.39, 0.29) is 45.2 Å². The van der Waals surface area contributed by atoms with Crippen molar-refractivity contribution in [2.45, 2.75) is 6.92 Å². The van der Waals surface area contributed by atoms with Crippen molar-refractivity contribution < 1.29 is 46.7 Å². The van der Waals surface area contributed by atoms with Crippen molar-refractivity contribution in [1.29, 1.82) is 0 Å². The molecule has 27 heavy (non-hydrogen) atoms. The van der Waals surface area contributed by atoms with Gasteiger partial charge >= 0.3 is 25.7 Å². The Labute approximate surface area is 157 Å². The summed E-state index contributed by atoms with van der Waals surface area (Å²) in [6.07, 6.45) is 1.91. The third-order valence-corrected chi connectivity index (χ3v) is 3.90. The van der Waals surface area contributed by atoms with E-state index < -0.39 is 25.7 Å². The molecule has 0 saturated heterocycles. The first-order valence-electron chi connectivity index (χ1n) is 7.68. The highest BCUT2D eigenvalue weighted by atomic mass is 31.2. The standard InChI is InChI=1S/C16H23O10P/c1-5-14(17)21-7-10-24-27(20,25-11-8-22-15(18)6-2)26-12-9-23-16(19)13(3)4/h5-6H,1-3,7-12H2,4H3. The topological polar surface area (TPSA) is 124 Å². The maximum atomic E-state index is 12.5. The largest absolute Gasteiger partial charge is 0.475 e. The number of carbonyl (C=O) groups excluding carboxylic acids is 3. The Kier molecular flexibility index (Phi) is 12.7. The smallest absolute Gasteiger partial charge is 0.460 e. The third kappa shape index (κ3) is 12.7. The van der Waals surface area contributed by atoms with Gasteiger partial charge in [-0.2, -0.15) is 0 Å². The van der Waals surface area contributed by atoms with Gasteiger partial charge in [0.2, 0.25) is 0 Å². The molecule has 10 nitrogen and oxygen atoms in total. The number of hydrogen-bond acceptors (Lipinski definition) is 10. The van der Waals surface area contributed by atoms with Gasteiger partial charge in [0, 0.05) is 17.7 Å². The van der Waals surface area contributed by atoms with Crippen molar-refractivity contribution in [3.63, 3.8) is 0 Å². The molecule has 0 aromatic heterocycles. The minimum absolute atomic E-state index is 0.193. The zero-order valence-corrected chi connectivity index (χ0v) is 15.9. The maximum absolute atomic E-state index is 12.5. The maximum Gasteiger partial charge on any atom is 0.475 e. The van der Waals surface area contributed by atoms with Crippen molar-refractivity contribution in [3.05, 3.63) is 37.5 Å². The van der Waals surface area contributed by atoms with E-state index in [4.69, 9.17) is 18.3 Å². The van der Waals surface area contributed by atoms with Crippen LogP contribution in [0.3, 0.4) is 0 Å². The van der Waals surface area contributed by atoms with Crippen LogP contribution in [0.1, 0.15) is 6.92 Å². The van der Waals surface area contributed by atoms with Gasteiger partial charge in [-0.15, -0.1) is 0 Å². The Bertz CT molecular complexity index is 566. The fourth-order valence-electron chi connectivity index (χ4n) is 1.22. The van der Waals surface area contributed by atoms with Gasteiger partial charge in [0.05, 0.1) is 19.8 Å². The summed E-state index contributed by atoms with van der Waals surface area (Å²) in [7, 11) is -4.09. The zero-order valence-electron chi connectivity index (χ0n) is 15.0. The lowest BCUT2D eigenvalue weighted by atomic mass is 10.4. The molecular weight excluding hydrogens is 383 g/mol. The molecular formula is C16H23O10P. The second-order valence-electron chi connectivity index (χ2n) is 4.61. The van der Waals surface area contributed by atoms with E-state index in [1.54, 1.807) is 0 Å². The lowest BCUT2D eigenvalue weighted by molar-refractivity contribution is -0.140. The van der Waals surface area contributed by atoms with Crippen molar-refractivity contribution in [2.75, 3.05) is 39.6 Å². The molecule has 0 spiro atoms. The number of rotatable bonds is 15. The molecule has 152 valence electrons. The lowest BCUT2D eigenvalue weighted by Gasteiger charge is -2.18. The summed E-state index contributed by atoms with van der Waals surface area (Å²) in [4.78, 5) is 33.1. The molecule has 0 aliphatic rings. The normalized spacial score (nSPS) is 10.6. The molecule has 0 rings (SSSR count). The van der Waals surface area contributed by atoms with Gasteiger partial charge in [-0.3, -0.25) is 13.6 Å². The summed E-state index contributed by atoms with van der Waals surface area (Å²) in [5, 5.41) is 0. The average molecular weight is 406 g/mol. The highest BCUT2D eigenvalue weighted by Gasteiger charge is 2.27. The summed E-state index contributed by atoms with van der Waals surface area (Å²) in [6.45, 7) is 9.75. The number of ether oxygens (including phenoxy) is 3. The first-order valence-corrected chi connectivity index (χ1v) is 9.15. The van der Waals surface area contributed by atoms with Crippen LogP contribution >= 0.6 is 7.82 Å². The molecule has 0 heterocycles. The van der Waals surface area contributed by atoms with Crippen LogP contribution in [0.2, 0.25) is 0 Å². The van der Waals surface area contributed by atoms with E-state index in [9.17, 15) is 18.9 Å². The molecule has 0 aromatic rings.